The number of piperazine rings is 1. The number of aromatic nitrogens is 2. The van der Waals surface area contributed by atoms with Gasteiger partial charge in [-0.2, -0.15) is 5.26 Å². The number of nitriles is 1. The average molecular weight is 268 g/mol. The molecule has 1 aliphatic rings. The molecule has 18 heavy (non-hydrogen) atoms. The summed E-state index contributed by atoms with van der Waals surface area (Å²) in [5.41, 5.74) is 0.200. The first-order chi connectivity index (χ1) is 8.60. The van der Waals surface area contributed by atoms with Crippen LogP contribution in [0.4, 0.5) is 10.7 Å². The van der Waals surface area contributed by atoms with Crippen molar-refractivity contribution in [3.05, 3.63) is 16.9 Å². The Morgan fingerprint density at radius 1 is 1.39 bits per heavy atom. The molecule has 7 nitrogen and oxygen atoms in total. The Bertz CT molecular complexity index is 507. The van der Waals surface area contributed by atoms with E-state index in [-0.39, 0.29) is 10.8 Å². The second-order valence-electron chi connectivity index (χ2n) is 3.74. The molecule has 0 spiro atoms. The fourth-order valence-corrected chi connectivity index (χ4v) is 1.88. The van der Waals surface area contributed by atoms with Gasteiger partial charge < -0.3 is 14.9 Å². The maximum atomic E-state index is 10.8. The van der Waals surface area contributed by atoms with E-state index in [1.165, 1.54) is 11.0 Å². The lowest BCUT2D eigenvalue weighted by Gasteiger charge is -2.33. The Morgan fingerprint density at radius 3 is 2.61 bits per heavy atom. The highest BCUT2D eigenvalue weighted by molar-refractivity contribution is 6.29. The predicted molar refractivity (Wildman–Crippen MR) is 63.6 cm³/mol. The van der Waals surface area contributed by atoms with Gasteiger partial charge in [-0.1, -0.05) is 11.6 Å². The molecule has 0 unspecified atom stereocenters. The van der Waals surface area contributed by atoms with Gasteiger partial charge in [-0.3, -0.25) is 0 Å². The molecule has 0 atom stereocenters. The van der Waals surface area contributed by atoms with Crippen LogP contribution < -0.4 is 4.90 Å². The molecule has 1 aliphatic heterocycles. The van der Waals surface area contributed by atoms with Gasteiger partial charge in [-0.15, -0.1) is 0 Å². The number of amides is 1. The van der Waals surface area contributed by atoms with Crippen molar-refractivity contribution in [2.75, 3.05) is 31.1 Å². The highest BCUT2D eigenvalue weighted by Gasteiger charge is 2.22. The Balaban J connectivity index is 2.12. The smallest absolute Gasteiger partial charge is 0.407 e. The summed E-state index contributed by atoms with van der Waals surface area (Å²) in [5, 5.41) is 17.8. The summed E-state index contributed by atoms with van der Waals surface area (Å²) in [6.07, 6.45) is -0.931. The van der Waals surface area contributed by atoms with Crippen molar-refractivity contribution >= 4 is 23.6 Å². The van der Waals surface area contributed by atoms with E-state index in [1.54, 1.807) is 0 Å². The average Bonchev–Trinajstić information content (AvgIpc) is 2.38. The molecule has 2 rings (SSSR count). The molecular formula is C10H10ClN5O2. The van der Waals surface area contributed by atoms with Gasteiger partial charge in [-0.05, 0) is 0 Å². The van der Waals surface area contributed by atoms with E-state index < -0.39 is 6.09 Å². The Kier molecular flexibility index (Phi) is 3.48. The standard InChI is InChI=1S/C10H10ClN5O2/c11-8-5-7(6-12)13-9(14-8)15-1-3-16(4-2-15)10(17)18/h5H,1-4H2,(H,17,18). The van der Waals surface area contributed by atoms with Crippen LogP contribution in [0.5, 0.6) is 0 Å². The summed E-state index contributed by atoms with van der Waals surface area (Å²) in [7, 11) is 0. The number of anilines is 1. The maximum absolute atomic E-state index is 10.8. The quantitative estimate of drug-likeness (QED) is 0.757. The monoisotopic (exact) mass is 267 g/mol. The molecule has 0 bridgehead atoms. The number of halogens is 1. The summed E-state index contributed by atoms with van der Waals surface area (Å²) < 4.78 is 0. The van der Waals surface area contributed by atoms with Crippen molar-refractivity contribution in [2.24, 2.45) is 0 Å². The molecule has 1 aromatic rings. The number of hydrogen-bond acceptors (Lipinski definition) is 5. The van der Waals surface area contributed by atoms with Crippen molar-refractivity contribution in [3.8, 4) is 6.07 Å². The zero-order valence-electron chi connectivity index (χ0n) is 9.38. The molecule has 0 radical (unpaired) electrons. The van der Waals surface area contributed by atoms with Crippen molar-refractivity contribution in [1.82, 2.24) is 14.9 Å². The van der Waals surface area contributed by atoms with Crippen molar-refractivity contribution in [1.29, 1.82) is 5.26 Å². The second-order valence-corrected chi connectivity index (χ2v) is 4.13. The lowest BCUT2D eigenvalue weighted by Crippen LogP contribution is -2.48. The van der Waals surface area contributed by atoms with Crippen molar-refractivity contribution in [2.45, 2.75) is 0 Å². The highest BCUT2D eigenvalue weighted by atomic mass is 35.5. The van der Waals surface area contributed by atoms with Crippen LogP contribution in [-0.2, 0) is 0 Å². The molecule has 0 aliphatic carbocycles. The van der Waals surface area contributed by atoms with Gasteiger partial charge in [0, 0.05) is 32.2 Å². The maximum Gasteiger partial charge on any atom is 0.407 e. The molecule has 94 valence electrons. The first kappa shape index (κ1) is 12.4. The van der Waals surface area contributed by atoms with Gasteiger partial charge in [0.1, 0.15) is 16.9 Å². The van der Waals surface area contributed by atoms with E-state index in [0.29, 0.717) is 32.1 Å². The normalized spacial score (nSPS) is 15.3. The highest BCUT2D eigenvalue weighted by Crippen LogP contribution is 2.15. The lowest BCUT2D eigenvalue weighted by atomic mass is 10.3. The van der Waals surface area contributed by atoms with E-state index in [4.69, 9.17) is 22.0 Å². The lowest BCUT2D eigenvalue weighted by molar-refractivity contribution is 0.142. The Hall–Kier alpha value is -2.07. The minimum Gasteiger partial charge on any atom is -0.465 e. The van der Waals surface area contributed by atoms with Crippen LogP contribution in [0.15, 0.2) is 6.07 Å². The van der Waals surface area contributed by atoms with Crippen LogP contribution in [0.3, 0.4) is 0 Å². The molecule has 1 N–H and O–H groups in total. The number of carbonyl (C=O) groups is 1. The minimum atomic E-state index is -0.931. The summed E-state index contributed by atoms with van der Waals surface area (Å²) in [4.78, 5) is 22.0. The molecule has 1 fully saturated rings. The van der Waals surface area contributed by atoms with E-state index in [9.17, 15) is 4.79 Å². The van der Waals surface area contributed by atoms with Gasteiger partial charge in [-0.25, -0.2) is 14.8 Å². The van der Waals surface area contributed by atoms with Crippen LogP contribution in [0.25, 0.3) is 0 Å². The minimum absolute atomic E-state index is 0.200. The first-order valence-corrected chi connectivity index (χ1v) is 5.65. The molecular weight excluding hydrogens is 258 g/mol. The number of nitrogens with zero attached hydrogens (tertiary/aromatic N) is 5. The fourth-order valence-electron chi connectivity index (χ4n) is 1.70. The number of rotatable bonds is 1. The first-order valence-electron chi connectivity index (χ1n) is 5.27. The van der Waals surface area contributed by atoms with Crippen LogP contribution in [0.2, 0.25) is 5.15 Å². The van der Waals surface area contributed by atoms with Gasteiger partial charge in [0.2, 0.25) is 5.95 Å². The number of hydrogen-bond donors (Lipinski definition) is 1. The van der Waals surface area contributed by atoms with E-state index in [2.05, 4.69) is 9.97 Å². The molecule has 0 saturated carbocycles. The van der Waals surface area contributed by atoms with Gasteiger partial charge in [0.15, 0.2) is 0 Å². The molecule has 1 aromatic heterocycles. The van der Waals surface area contributed by atoms with Crippen LogP contribution in [0, 0.1) is 11.3 Å². The topological polar surface area (TPSA) is 93.4 Å². The zero-order chi connectivity index (χ0) is 13.1. The summed E-state index contributed by atoms with van der Waals surface area (Å²) in [5.74, 6) is 0.365. The third kappa shape index (κ3) is 2.60. The van der Waals surface area contributed by atoms with Crippen molar-refractivity contribution < 1.29 is 9.90 Å². The predicted octanol–water partition coefficient (Wildman–Crippen LogP) is 0.802. The largest absolute Gasteiger partial charge is 0.465 e. The third-order valence-corrected chi connectivity index (χ3v) is 2.82. The van der Waals surface area contributed by atoms with Crippen molar-refractivity contribution in [3.63, 3.8) is 0 Å². The molecule has 8 heteroatoms. The summed E-state index contributed by atoms with van der Waals surface area (Å²) in [6.45, 7) is 1.73. The second kappa shape index (κ2) is 5.06. The summed E-state index contributed by atoms with van der Waals surface area (Å²) in [6, 6.07) is 3.29. The Labute approximate surface area is 108 Å². The number of carboxylic acid groups (broad SMARTS) is 1. The zero-order valence-corrected chi connectivity index (χ0v) is 10.1. The van der Waals surface area contributed by atoms with Gasteiger partial charge in [0.25, 0.3) is 0 Å². The SMILES string of the molecule is N#Cc1cc(Cl)nc(N2CCN(C(=O)O)CC2)n1. The molecule has 1 amide bonds. The van der Waals surface area contributed by atoms with E-state index >= 15 is 0 Å². The van der Waals surface area contributed by atoms with E-state index in [0.717, 1.165) is 0 Å². The van der Waals surface area contributed by atoms with Gasteiger partial charge >= 0.3 is 6.09 Å². The van der Waals surface area contributed by atoms with Crippen LogP contribution in [0.1, 0.15) is 5.69 Å². The molecule has 2 heterocycles. The molecule has 1 saturated heterocycles. The molecule has 0 aromatic carbocycles. The Morgan fingerprint density at radius 2 is 2.06 bits per heavy atom. The third-order valence-electron chi connectivity index (χ3n) is 2.63. The summed E-state index contributed by atoms with van der Waals surface area (Å²) >= 11 is 5.79. The van der Waals surface area contributed by atoms with Crippen LogP contribution in [-0.4, -0.2) is 52.2 Å². The van der Waals surface area contributed by atoms with Gasteiger partial charge in [0.05, 0.1) is 0 Å². The van der Waals surface area contributed by atoms with Crippen LogP contribution >= 0.6 is 11.6 Å². The van der Waals surface area contributed by atoms with E-state index in [1.807, 2.05) is 11.0 Å². The fraction of sp³-hybridized carbons (Fsp3) is 0.400.